The fourth-order valence-corrected chi connectivity index (χ4v) is 2.85. The van der Waals surface area contributed by atoms with Crippen LogP contribution in [0, 0.1) is 0 Å². The predicted molar refractivity (Wildman–Crippen MR) is 88.1 cm³/mol. The van der Waals surface area contributed by atoms with Crippen molar-refractivity contribution in [3.63, 3.8) is 0 Å². The van der Waals surface area contributed by atoms with E-state index < -0.39 is 11.7 Å². The van der Waals surface area contributed by atoms with Crippen molar-refractivity contribution in [2.24, 2.45) is 0 Å². The molecule has 0 saturated carbocycles. The second-order valence-electron chi connectivity index (χ2n) is 5.17. The number of anilines is 1. The molecule has 8 heteroatoms. The normalized spacial score (nSPS) is 11.5. The molecule has 4 nitrogen and oxygen atoms in total. The average molecular weight is 357 g/mol. The number of benzene rings is 1. The molecule has 2 rings (SSSR count). The molecule has 1 heterocycles. The van der Waals surface area contributed by atoms with E-state index in [9.17, 15) is 13.2 Å². The zero-order chi connectivity index (χ0) is 17.6. The van der Waals surface area contributed by atoms with Crippen molar-refractivity contribution in [2.45, 2.75) is 31.9 Å². The molecule has 0 aliphatic rings. The number of nitrogens with zero attached hydrogens (tertiary/aromatic N) is 2. The molecule has 1 aromatic heterocycles. The summed E-state index contributed by atoms with van der Waals surface area (Å²) in [4.78, 5) is 0. The molecule has 0 unspecified atom stereocenters. The van der Waals surface area contributed by atoms with Gasteiger partial charge in [-0.2, -0.15) is 13.2 Å². The number of ether oxygens (including phenoxy) is 1. The molecular formula is C16H18F3N3OS. The Bertz CT molecular complexity index is 685. The highest BCUT2D eigenvalue weighted by molar-refractivity contribution is 7.15. The molecule has 0 spiro atoms. The molecule has 130 valence electrons. The van der Waals surface area contributed by atoms with Gasteiger partial charge in [0.15, 0.2) is 0 Å². The summed E-state index contributed by atoms with van der Waals surface area (Å²) in [6, 6.07) is 4.19. The van der Waals surface area contributed by atoms with Crippen LogP contribution < -0.4 is 10.5 Å². The number of rotatable bonds is 8. The number of aromatic nitrogens is 2. The molecule has 0 radical (unpaired) electrons. The Morgan fingerprint density at radius 2 is 1.96 bits per heavy atom. The van der Waals surface area contributed by atoms with Gasteiger partial charge in [-0.15, -0.1) is 10.2 Å². The highest BCUT2D eigenvalue weighted by atomic mass is 32.1. The minimum absolute atomic E-state index is 0.0351. The van der Waals surface area contributed by atoms with Crippen molar-refractivity contribution in [1.82, 2.24) is 10.2 Å². The summed E-state index contributed by atoms with van der Waals surface area (Å²) < 4.78 is 44.5. The fraction of sp³-hybridized carbons (Fsp3) is 0.375. The van der Waals surface area contributed by atoms with Gasteiger partial charge in [-0.25, -0.2) is 0 Å². The number of aryl methyl sites for hydroxylation is 2. The first-order valence-corrected chi connectivity index (χ1v) is 8.23. The molecule has 0 fully saturated rings. The first kappa shape index (κ1) is 18.3. The Morgan fingerprint density at radius 3 is 2.58 bits per heavy atom. The van der Waals surface area contributed by atoms with Crippen LogP contribution in [0.3, 0.4) is 0 Å². The summed E-state index contributed by atoms with van der Waals surface area (Å²) in [5.74, 6) is -0.171. The van der Waals surface area contributed by atoms with E-state index in [-0.39, 0.29) is 12.4 Å². The number of halogens is 3. The van der Waals surface area contributed by atoms with Gasteiger partial charge < -0.3 is 10.5 Å². The van der Waals surface area contributed by atoms with Gasteiger partial charge in [-0.1, -0.05) is 30.1 Å². The van der Waals surface area contributed by atoms with E-state index in [0.717, 1.165) is 30.3 Å². The first-order chi connectivity index (χ1) is 11.4. The Morgan fingerprint density at radius 1 is 1.21 bits per heavy atom. The smallest absolute Gasteiger partial charge is 0.419 e. The van der Waals surface area contributed by atoms with Gasteiger partial charge in [0.2, 0.25) is 5.13 Å². The summed E-state index contributed by atoms with van der Waals surface area (Å²) in [5, 5.41) is 8.91. The van der Waals surface area contributed by atoms with Crippen LogP contribution in [0.25, 0.3) is 0 Å². The fourth-order valence-electron chi connectivity index (χ4n) is 2.20. The Labute approximate surface area is 142 Å². The first-order valence-electron chi connectivity index (χ1n) is 7.42. The van der Waals surface area contributed by atoms with Crippen LogP contribution in [-0.4, -0.2) is 16.8 Å². The maximum atomic E-state index is 13.1. The Kier molecular flexibility index (Phi) is 6.19. The number of unbranched alkanes of at least 4 members (excludes halogenated alkanes) is 1. The van der Waals surface area contributed by atoms with Crippen LogP contribution in [0.15, 0.2) is 30.9 Å². The molecule has 0 saturated heterocycles. The molecular weight excluding hydrogens is 339 g/mol. The summed E-state index contributed by atoms with van der Waals surface area (Å²) in [7, 11) is 0. The van der Waals surface area contributed by atoms with Crippen LogP contribution in [0.4, 0.5) is 18.3 Å². The molecule has 2 N–H and O–H groups in total. The van der Waals surface area contributed by atoms with Crippen molar-refractivity contribution >= 4 is 16.5 Å². The van der Waals surface area contributed by atoms with E-state index in [4.69, 9.17) is 10.5 Å². The molecule has 24 heavy (non-hydrogen) atoms. The second kappa shape index (κ2) is 8.14. The zero-order valence-electron chi connectivity index (χ0n) is 13.0. The van der Waals surface area contributed by atoms with Gasteiger partial charge in [0, 0.05) is 6.42 Å². The summed E-state index contributed by atoms with van der Waals surface area (Å²) >= 11 is 1.33. The van der Waals surface area contributed by atoms with Gasteiger partial charge in [-0.3, -0.25) is 0 Å². The molecule has 2 aromatic rings. The molecule has 0 aliphatic heterocycles. The zero-order valence-corrected chi connectivity index (χ0v) is 13.8. The third-order valence-corrected chi connectivity index (χ3v) is 4.11. The van der Waals surface area contributed by atoms with Gasteiger partial charge in [-0.05, 0) is 37.0 Å². The quantitative estimate of drug-likeness (QED) is 0.566. The van der Waals surface area contributed by atoms with Crippen LogP contribution in [0.1, 0.15) is 29.0 Å². The highest BCUT2D eigenvalue weighted by Crippen LogP contribution is 2.37. The van der Waals surface area contributed by atoms with E-state index in [1.54, 1.807) is 6.07 Å². The SMILES string of the molecule is C=CCOc1ccc(CCCCc2nnc(N)s2)cc1C(F)(F)F. The number of alkyl halides is 3. The number of nitrogen functional groups attached to an aromatic ring is 1. The standard InChI is InChI=1S/C16H18F3N3OS/c1-2-9-23-13-8-7-11(10-12(13)16(17,18)19)5-3-4-6-14-21-22-15(20)24-14/h2,7-8,10H,1,3-6,9H2,(H2,20,22). The van der Waals surface area contributed by atoms with Gasteiger partial charge >= 0.3 is 6.18 Å². The maximum absolute atomic E-state index is 13.1. The van der Waals surface area contributed by atoms with E-state index >= 15 is 0 Å². The van der Waals surface area contributed by atoms with E-state index in [1.807, 2.05) is 0 Å². The van der Waals surface area contributed by atoms with E-state index in [2.05, 4.69) is 16.8 Å². The van der Waals surface area contributed by atoms with Crippen molar-refractivity contribution in [1.29, 1.82) is 0 Å². The average Bonchev–Trinajstić information content (AvgIpc) is 2.94. The molecule has 0 atom stereocenters. The third-order valence-electron chi connectivity index (χ3n) is 3.29. The third kappa shape index (κ3) is 5.23. The lowest BCUT2D eigenvalue weighted by Crippen LogP contribution is -2.09. The molecule has 0 amide bonds. The summed E-state index contributed by atoms with van der Waals surface area (Å²) in [6.07, 6.45) is -0.195. The monoisotopic (exact) mass is 357 g/mol. The number of hydrogen-bond donors (Lipinski definition) is 1. The molecule has 1 aromatic carbocycles. The lowest BCUT2D eigenvalue weighted by Gasteiger charge is -2.14. The molecule has 0 bridgehead atoms. The van der Waals surface area contributed by atoms with E-state index in [1.165, 1.54) is 23.5 Å². The van der Waals surface area contributed by atoms with Crippen LogP contribution in [0.5, 0.6) is 5.75 Å². The maximum Gasteiger partial charge on any atom is 0.419 e. The number of hydrogen-bond acceptors (Lipinski definition) is 5. The van der Waals surface area contributed by atoms with Crippen molar-refractivity contribution in [2.75, 3.05) is 12.3 Å². The van der Waals surface area contributed by atoms with Crippen molar-refractivity contribution in [3.8, 4) is 5.75 Å². The van der Waals surface area contributed by atoms with Crippen LogP contribution in [0.2, 0.25) is 0 Å². The van der Waals surface area contributed by atoms with E-state index in [0.29, 0.717) is 17.1 Å². The Balaban J connectivity index is 1.96. The topological polar surface area (TPSA) is 61.0 Å². The van der Waals surface area contributed by atoms with Gasteiger partial charge in [0.25, 0.3) is 0 Å². The van der Waals surface area contributed by atoms with Gasteiger partial charge in [0.1, 0.15) is 17.4 Å². The lowest BCUT2D eigenvalue weighted by atomic mass is 10.0. The minimum Gasteiger partial charge on any atom is -0.489 e. The summed E-state index contributed by atoms with van der Waals surface area (Å²) in [6.45, 7) is 3.47. The lowest BCUT2D eigenvalue weighted by molar-refractivity contribution is -0.138. The largest absolute Gasteiger partial charge is 0.489 e. The van der Waals surface area contributed by atoms with Crippen molar-refractivity contribution in [3.05, 3.63) is 47.0 Å². The predicted octanol–water partition coefficient (Wildman–Crippen LogP) is 4.27. The highest BCUT2D eigenvalue weighted by Gasteiger charge is 2.34. The Hall–Kier alpha value is -2.09. The van der Waals surface area contributed by atoms with Crippen LogP contribution in [-0.2, 0) is 19.0 Å². The van der Waals surface area contributed by atoms with Crippen molar-refractivity contribution < 1.29 is 17.9 Å². The number of nitrogens with two attached hydrogens (primary N) is 1. The summed E-state index contributed by atoms with van der Waals surface area (Å²) in [5.41, 5.74) is 5.38. The molecule has 0 aliphatic carbocycles. The van der Waals surface area contributed by atoms with Gasteiger partial charge in [0.05, 0.1) is 5.56 Å². The van der Waals surface area contributed by atoms with Crippen LogP contribution >= 0.6 is 11.3 Å². The second-order valence-corrected chi connectivity index (χ2v) is 6.26. The minimum atomic E-state index is -4.45.